The van der Waals surface area contributed by atoms with Crippen molar-refractivity contribution in [3.8, 4) is 5.69 Å². The smallest absolute Gasteiger partial charge is 0.329 e. The first-order valence-electron chi connectivity index (χ1n) is 6.89. The Morgan fingerprint density at radius 3 is 2.57 bits per heavy atom. The first-order valence-corrected chi connectivity index (χ1v) is 7.27. The number of nitrogens with two attached hydrogens (primary N) is 1. The van der Waals surface area contributed by atoms with E-state index in [1.165, 1.54) is 6.21 Å². The van der Waals surface area contributed by atoms with Gasteiger partial charge in [-0.1, -0.05) is 17.7 Å². The molecular weight excluding hydrogens is 316 g/mol. The van der Waals surface area contributed by atoms with Gasteiger partial charge in [0.25, 0.3) is 0 Å². The fourth-order valence-electron chi connectivity index (χ4n) is 2.25. The molecule has 0 saturated carbocycles. The van der Waals surface area contributed by atoms with Gasteiger partial charge in [-0.2, -0.15) is 5.10 Å². The molecule has 0 radical (unpaired) electrons. The van der Waals surface area contributed by atoms with E-state index in [1.54, 1.807) is 0 Å². The highest BCUT2D eigenvalue weighted by Gasteiger charge is 2.11. The molecule has 0 aliphatic rings. The molecule has 2 rings (SSSR count). The topological polar surface area (TPSA) is 89.5 Å². The summed E-state index contributed by atoms with van der Waals surface area (Å²) in [5.74, 6) is -2.04. The zero-order chi connectivity index (χ0) is 17.1. The maximum Gasteiger partial charge on any atom is 0.329 e. The van der Waals surface area contributed by atoms with Crippen molar-refractivity contribution in [2.45, 2.75) is 20.8 Å². The minimum Gasteiger partial charge on any atom is -0.361 e. The van der Waals surface area contributed by atoms with Crippen molar-refractivity contribution < 1.29 is 9.59 Å². The molecule has 2 amide bonds. The number of aryl methyl sites for hydroxylation is 2. The summed E-state index contributed by atoms with van der Waals surface area (Å²) in [5, 5.41) is 4.43. The Hall–Kier alpha value is -2.60. The molecule has 23 heavy (non-hydrogen) atoms. The van der Waals surface area contributed by atoms with Crippen LogP contribution in [-0.2, 0) is 9.59 Å². The van der Waals surface area contributed by atoms with Gasteiger partial charge in [0.2, 0.25) is 0 Å². The van der Waals surface area contributed by atoms with Crippen molar-refractivity contribution in [3.05, 3.63) is 51.8 Å². The Labute approximate surface area is 138 Å². The number of primary amides is 1. The first-order chi connectivity index (χ1) is 10.8. The lowest BCUT2D eigenvalue weighted by Crippen LogP contribution is -2.32. The van der Waals surface area contributed by atoms with Crippen LogP contribution in [0.5, 0.6) is 0 Å². The predicted molar refractivity (Wildman–Crippen MR) is 89.9 cm³/mol. The summed E-state index contributed by atoms with van der Waals surface area (Å²) in [6, 6.07) is 7.75. The van der Waals surface area contributed by atoms with Crippen LogP contribution < -0.4 is 11.2 Å². The molecule has 0 saturated heterocycles. The summed E-state index contributed by atoms with van der Waals surface area (Å²) in [6.07, 6.45) is 1.47. The number of amides is 2. The van der Waals surface area contributed by atoms with Crippen LogP contribution in [-0.4, -0.2) is 22.6 Å². The molecule has 0 fully saturated rings. The molecule has 0 unspecified atom stereocenters. The van der Waals surface area contributed by atoms with Crippen molar-refractivity contribution in [1.82, 2.24) is 9.99 Å². The molecule has 1 aromatic carbocycles. The minimum absolute atomic E-state index is 0.693. The third-order valence-electron chi connectivity index (χ3n) is 3.48. The van der Waals surface area contributed by atoms with Gasteiger partial charge in [0.05, 0.1) is 6.21 Å². The molecule has 1 heterocycles. The van der Waals surface area contributed by atoms with E-state index in [0.29, 0.717) is 5.02 Å². The third-order valence-corrected chi connectivity index (χ3v) is 3.88. The number of hydrazone groups is 1. The van der Waals surface area contributed by atoms with Crippen LogP contribution in [0.25, 0.3) is 5.69 Å². The number of halogens is 1. The van der Waals surface area contributed by atoms with Gasteiger partial charge in [0.15, 0.2) is 0 Å². The SMILES string of the molecule is Cc1ccc(-n2c(C)cc(/C=N\NC(=O)C(N)=O)c2C)cc1Cl. The van der Waals surface area contributed by atoms with Gasteiger partial charge in [0, 0.05) is 27.7 Å². The van der Waals surface area contributed by atoms with Gasteiger partial charge in [-0.15, -0.1) is 0 Å². The second kappa shape index (κ2) is 6.66. The van der Waals surface area contributed by atoms with E-state index in [9.17, 15) is 9.59 Å². The van der Waals surface area contributed by atoms with Gasteiger partial charge in [-0.3, -0.25) is 9.59 Å². The van der Waals surface area contributed by atoms with Crippen LogP contribution in [0, 0.1) is 20.8 Å². The number of aromatic nitrogens is 1. The normalized spacial score (nSPS) is 11.0. The van der Waals surface area contributed by atoms with Crippen LogP contribution in [0.1, 0.15) is 22.5 Å². The molecule has 2 aromatic rings. The number of benzene rings is 1. The van der Waals surface area contributed by atoms with Crippen molar-refractivity contribution in [1.29, 1.82) is 0 Å². The lowest BCUT2D eigenvalue weighted by atomic mass is 10.2. The summed E-state index contributed by atoms with van der Waals surface area (Å²) in [5.41, 5.74) is 11.6. The highest BCUT2D eigenvalue weighted by atomic mass is 35.5. The minimum atomic E-state index is -1.08. The van der Waals surface area contributed by atoms with E-state index in [-0.39, 0.29) is 0 Å². The first kappa shape index (κ1) is 16.8. The lowest BCUT2D eigenvalue weighted by Gasteiger charge is -2.11. The number of rotatable bonds is 3. The molecular formula is C16H17ClN4O2. The van der Waals surface area contributed by atoms with Crippen LogP contribution in [0.15, 0.2) is 29.4 Å². The Morgan fingerprint density at radius 2 is 1.96 bits per heavy atom. The summed E-state index contributed by atoms with van der Waals surface area (Å²) < 4.78 is 2.03. The maximum atomic E-state index is 11.1. The lowest BCUT2D eigenvalue weighted by molar-refractivity contribution is -0.137. The van der Waals surface area contributed by atoms with Crippen LogP contribution in [0.3, 0.4) is 0 Å². The summed E-state index contributed by atoms with van der Waals surface area (Å²) >= 11 is 6.19. The van der Waals surface area contributed by atoms with Crippen molar-refractivity contribution >= 4 is 29.6 Å². The third kappa shape index (κ3) is 3.60. The molecule has 0 bridgehead atoms. The monoisotopic (exact) mass is 332 g/mol. The number of hydrogen-bond donors (Lipinski definition) is 2. The van der Waals surface area contributed by atoms with Gasteiger partial charge in [-0.25, -0.2) is 5.43 Å². The fourth-order valence-corrected chi connectivity index (χ4v) is 2.43. The zero-order valence-electron chi connectivity index (χ0n) is 13.1. The molecule has 0 aliphatic heterocycles. The predicted octanol–water partition coefficient (Wildman–Crippen LogP) is 1.99. The van der Waals surface area contributed by atoms with Gasteiger partial charge in [0.1, 0.15) is 0 Å². The van der Waals surface area contributed by atoms with E-state index in [1.807, 2.05) is 49.6 Å². The quantitative estimate of drug-likeness (QED) is 0.511. The maximum absolute atomic E-state index is 11.1. The van der Waals surface area contributed by atoms with E-state index in [4.69, 9.17) is 17.3 Å². The van der Waals surface area contributed by atoms with Gasteiger partial charge < -0.3 is 10.3 Å². The summed E-state index contributed by atoms with van der Waals surface area (Å²) in [4.78, 5) is 21.7. The average Bonchev–Trinajstić information content (AvgIpc) is 2.76. The van der Waals surface area contributed by atoms with E-state index in [0.717, 1.165) is 28.2 Å². The van der Waals surface area contributed by atoms with Crippen molar-refractivity contribution in [3.63, 3.8) is 0 Å². The molecule has 0 spiro atoms. The number of hydrogen-bond acceptors (Lipinski definition) is 3. The van der Waals surface area contributed by atoms with Crippen LogP contribution in [0.2, 0.25) is 5.02 Å². The Balaban J connectivity index is 2.32. The molecule has 120 valence electrons. The summed E-state index contributed by atoms with van der Waals surface area (Å²) in [6.45, 7) is 5.83. The molecule has 6 nitrogen and oxygen atoms in total. The van der Waals surface area contributed by atoms with E-state index < -0.39 is 11.8 Å². The van der Waals surface area contributed by atoms with E-state index >= 15 is 0 Å². The van der Waals surface area contributed by atoms with Gasteiger partial charge in [-0.05, 0) is 44.5 Å². The fraction of sp³-hybridized carbons (Fsp3) is 0.188. The number of carbonyl (C=O) groups is 2. The van der Waals surface area contributed by atoms with Crippen molar-refractivity contribution in [2.24, 2.45) is 10.8 Å². The molecule has 0 aliphatic carbocycles. The Kier molecular flexibility index (Phi) is 4.86. The highest BCUT2D eigenvalue weighted by molar-refractivity contribution is 6.34. The van der Waals surface area contributed by atoms with Crippen LogP contribution in [0.4, 0.5) is 0 Å². The van der Waals surface area contributed by atoms with Gasteiger partial charge >= 0.3 is 11.8 Å². The Bertz CT molecular complexity index is 809. The van der Waals surface area contributed by atoms with Crippen molar-refractivity contribution in [2.75, 3.05) is 0 Å². The van der Waals surface area contributed by atoms with Crippen LogP contribution >= 0.6 is 11.6 Å². The highest BCUT2D eigenvalue weighted by Crippen LogP contribution is 2.24. The number of nitrogens with one attached hydrogen (secondary N) is 1. The molecule has 3 N–H and O–H groups in total. The zero-order valence-corrected chi connectivity index (χ0v) is 13.8. The average molecular weight is 333 g/mol. The molecule has 0 atom stereocenters. The number of carbonyl (C=O) groups excluding carboxylic acids is 2. The standard InChI is InChI=1S/C16H17ClN4O2/c1-9-4-5-13(7-14(9)17)21-10(2)6-12(11(21)3)8-19-20-16(23)15(18)22/h4-8H,1-3H3,(H2,18,22)(H,20,23)/b19-8-. The Morgan fingerprint density at radius 1 is 1.26 bits per heavy atom. The number of nitrogens with zero attached hydrogens (tertiary/aromatic N) is 2. The second-order valence-electron chi connectivity index (χ2n) is 5.16. The second-order valence-corrected chi connectivity index (χ2v) is 5.57. The largest absolute Gasteiger partial charge is 0.361 e. The molecule has 1 aromatic heterocycles. The molecule has 7 heteroatoms. The summed E-state index contributed by atoms with van der Waals surface area (Å²) in [7, 11) is 0. The van der Waals surface area contributed by atoms with E-state index in [2.05, 4.69) is 10.5 Å².